The summed E-state index contributed by atoms with van der Waals surface area (Å²) in [7, 11) is 0. The van der Waals surface area contributed by atoms with Gasteiger partial charge in [-0.05, 0) is 18.4 Å². The van der Waals surface area contributed by atoms with Gasteiger partial charge in [0.1, 0.15) is 5.69 Å². The molecule has 0 spiro atoms. The Hall–Kier alpha value is -1.69. The summed E-state index contributed by atoms with van der Waals surface area (Å²) in [6.07, 6.45) is 1.55. The number of nitrogens with one attached hydrogen (secondary N) is 2. The van der Waals surface area contributed by atoms with Crippen LogP contribution in [0.1, 0.15) is 30.3 Å². The maximum atomic E-state index is 11.6. The third kappa shape index (κ3) is 4.36. The van der Waals surface area contributed by atoms with Crippen LogP contribution in [-0.4, -0.2) is 34.4 Å². The van der Waals surface area contributed by atoms with E-state index in [1.54, 1.807) is 0 Å². The molecular formula is C11H17N3O3. The third-order valence-corrected chi connectivity index (χ3v) is 2.58. The molecule has 1 atom stereocenters. The van der Waals surface area contributed by atoms with Crippen molar-refractivity contribution < 1.29 is 9.90 Å². The first kappa shape index (κ1) is 13.4. The van der Waals surface area contributed by atoms with E-state index in [1.165, 1.54) is 12.1 Å². The number of aliphatic hydroxyl groups excluding tert-OH is 1. The van der Waals surface area contributed by atoms with Crippen molar-refractivity contribution >= 4 is 5.91 Å². The van der Waals surface area contributed by atoms with Crippen molar-refractivity contribution in [3.8, 4) is 0 Å². The topological polar surface area (TPSA) is 95.1 Å². The van der Waals surface area contributed by atoms with E-state index < -0.39 is 0 Å². The molecular weight excluding hydrogens is 222 g/mol. The van der Waals surface area contributed by atoms with Gasteiger partial charge in [0.25, 0.3) is 11.5 Å². The lowest BCUT2D eigenvalue weighted by atomic mass is 10.0. The quantitative estimate of drug-likeness (QED) is 0.646. The van der Waals surface area contributed by atoms with Crippen molar-refractivity contribution in [3.63, 3.8) is 0 Å². The van der Waals surface area contributed by atoms with Crippen molar-refractivity contribution in [3.05, 3.63) is 28.2 Å². The highest BCUT2D eigenvalue weighted by Crippen LogP contribution is 2.05. The number of rotatable bonds is 6. The van der Waals surface area contributed by atoms with Crippen molar-refractivity contribution in [1.82, 2.24) is 15.5 Å². The number of aromatic amines is 1. The Labute approximate surface area is 99.1 Å². The normalized spacial score (nSPS) is 12.1. The van der Waals surface area contributed by atoms with E-state index in [0.717, 1.165) is 6.42 Å². The Morgan fingerprint density at radius 1 is 1.59 bits per heavy atom. The van der Waals surface area contributed by atoms with E-state index in [4.69, 9.17) is 5.11 Å². The molecule has 1 heterocycles. The predicted octanol–water partition coefficient (Wildman–Crippen LogP) is -0.0917. The minimum atomic E-state index is -0.340. The van der Waals surface area contributed by atoms with Gasteiger partial charge in [-0.1, -0.05) is 13.3 Å². The van der Waals surface area contributed by atoms with Crippen molar-refractivity contribution in [2.24, 2.45) is 5.92 Å². The zero-order chi connectivity index (χ0) is 12.7. The largest absolute Gasteiger partial charge is 0.396 e. The average molecular weight is 239 g/mol. The predicted molar refractivity (Wildman–Crippen MR) is 62.7 cm³/mol. The summed E-state index contributed by atoms with van der Waals surface area (Å²) >= 11 is 0. The lowest BCUT2D eigenvalue weighted by Gasteiger charge is -2.13. The van der Waals surface area contributed by atoms with Crippen LogP contribution in [0, 0.1) is 5.92 Å². The molecule has 1 amide bonds. The van der Waals surface area contributed by atoms with Gasteiger partial charge in [0.15, 0.2) is 0 Å². The number of carbonyl (C=O) groups excluding carboxylic acids is 1. The zero-order valence-electron chi connectivity index (χ0n) is 9.77. The molecule has 0 saturated heterocycles. The number of aliphatic hydroxyl groups is 1. The molecule has 17 heavy (non-hydrogen) atoms. The van der Waals surface area contributed by atoms with Crippen LogP contribution in [0.4, 0.5) is 0 Å². The van der Waals surface area contributed by atoms with Crippen molar-refractivity contribution in [1.29, 1.82) is 0 Å². The Kier molecular flexibility index (Phi) is 5.35. The van der Waals surface area contributed by atoms with Gasteiger partial charge < -0.3 is 10.4 Å². The molecule has 94 valence electrons. The van der Waals surface area contributed by atoms with Crippen LogP contribution in [0.3, 0.4) is 0 Å². The number of aromatic nitrogens is 2. The maximum absolute atomic E-state index is 11.6. The van der Waals surface area contributed by atoms with E-state index in [-0.39, 0.29) is 29.7 Å². The number of amides is 1. The second kappa shape index (κ2) is 6.80. The van der Waals surface area contributed by atoms with Crippen LogP contribution in [-0.2, 0) is 0 Å². The third-order valence-electron chi connectivity index (χ3n) is 2.58. The maximum Gasteiger partial charge on any atom is 0.271 e. The summed E-state index contributed by atoms with van der Waals surface area (Å²) in [5.74, 6) is -0.0654. The first-order valence-corrected chi connectivity index (χ1v) is 5.62. The molecule has 0 aliphatic carbocycles. The lowest BCUT2D eigenvalue weighted by Crippen LogP contribution is -2.30. The number of nitrogens with zero attached hydrogens (tertiary/aromatic N) is 1. The first-order valence-electron chi connectivity index (χ1n) is 5.62. The molecule has 0 radical (unpaired) electrons. The van der Waals surface area contributed by atoms with Gasteiger partial charge in [0.05, 0.1) is 0 Å². The standard InChI is InChI=1S/C11H17N3O3/c1-2-8(5-6-15)7-12-11(17)9-3-4-10(16)14-13-9/h3-4,8,15H,2,5-7H2,1H3,(H,12,17)(H,14,16). The summed E-state index contributed by atoms with van der Waals surface area (Å²) in [6, 6.07) is 2.63. The van der Waals surface area contributed by atoms with Gasteiger partial charge >= 0.3 is 0 Å². The van der Waals surface area contributed by atoms with Crippen LogP contribution < -0.4 is 10.9 Å². The van der Waals surface area contributed by atoms with Gasteiger partial charge in [-0.15, -0.1) is 0 Å². The molecule has 3 N–H and O–H groups in total. The highest BCUT2D eigenvalue weighted by Gasteiger charge is 2.10. The van der Waals surface area contributed by atoms with Gasteiger partial charge in [-0.2, -0.15) is 5.10 Å². The molecule has 0 fully saturated rings. The molecule has 1 aromatic rings. The fourth-order valence-corrected chi connectivity index (χ4v) is 1.43. The van der Waals surface area contributed by atoms with E-state index >= 15 is 0 Å². The zero-order valence-corrected chi connectivity index (χ0v) is 9.77. The second-order valence-corrected chi connectivity index (χ2v) is 3.80. The number of H-pyrrole nitrogens is 1. The van der Waals surface area contributed by atoms with Crippen LogP contribution in [0.2, 0.25) is 0 Å². The Bertz CT molecular complexity index is 396. The number of hydrogen-bond donors (Lipinski definition) is 3. The number of carbonyl (C=O) groups is 1. The minimum Gasteiger partial charge on any atom is -0.396 e. The Morgan fingerprint density at radius 3 is 2.88 bits per heavy atom. The van der Waals surface area contributed by atoms with Gasteiger partial charge in [-0.25, -0.2) is 5.10 Å². The molecule has 0 aliphatic rings. The molecule has 0 bridgehead atoms. The van der Waals surface area contributed by atoms with E-state index in [2.05, 4.69) is 15.5 Å². The summed E-state index contributed by atoms with van der Waals surface area (Å²) in [4.78, 5) is 22.4. The van der Waals surface area contributed by atoms with Crippen LogP contribution in [0.25, 0.3) is 0 Å². The highest BCUT2D eigenvalue weighted by atomic mass is 16.3. The summed E-state index contributed by atoms with van der Waals surface area (Å²) < 4.78 is 0. The highest BCUT2D eigenvalue weighted by molar-refractivity contribution is 5.91. The minimum absolute atomic E-state index is 0.116. The second-order valence-electron chi connectivity index (χ2n) is 3.80. The molecule has 6 nitrogen and oxygen atoms in total. The van der Waals surface area contributed by atoms with Crippen LogP contribution in [0.5, 0.6) is 0 Å². The molecule has 1 aromatic heterocycles. The van der Waals surface area contributed by atoms with E-state index in [1.807, 2.05) is 6.92 Å². The van der Waals surface area contributed by atoms with E-state index in [0.29, 0.717) is 13.0 Å². The molecule has 0 saturated carbocycles. The van der Waals surface area contributed by atoms with Crippen LogP contribution >= 0.6 is 0 Å². The fourth-order valence-electron chi connectivity index (χ4n) is 1.43. The van der Waals surface area contributed by atoms with Gasteiger partial charge in [0, 0.05) is 19.2 Å². The Balaban J connectivity index is 2.49. The van der Waals surface area contributed by atoms with Crippen molar-refractivity contribution in [2.45, 2.75) is 19.8 Å². The molecule has 1 rings (SSSR count). The monoisotopic (exact) mass is 239 g/mol. The lowest BCUT2D eigenvalue weighted by molar-refractivity contribution is 0.0937. The van der Waals surface area contributed by atoms with E-state index in [9.17, 15) is 9.59 Å². The fraction of sp³-hybridized carbons (Fsp3) is 0.545. The SMILES string of the molecule is CCC(CCO)CNC(=O)c1ccc(=O)[nH]n1. The van der Waals surface area contributed by atoms with Crippen molar-refractivity contribution in [2.75, 3.05) is 13.2 Å². The number of hydrogen-bond acceptors (Lipinski definition) is 4. The molecule has 0 aliphatic heterocycles. The van der Waals surface area contributed by atoms with Gasteiger partial charge in [-0.3, -0.25) is 9.59 Å². The summed E-state index contributed by atoms with van der Waals surface area (Å²) in [5, 5.41) is 17.4. The molecule has 6 heteroatoms. The summed E-state index contributed by atoms with van der Waals surface area (Å²) in [5.41, 5.74) is -0.156. The smallest absolute Gasteiger partial charge is 0.271 e. The summed E-state index contributed by atoms with van der Waals surface area (Å²) in [6.45, 7) is 2.62. The van der Waals surface area contributed by atoms with Gasteiger partial charge in [0.2, 0.25) is 0 Å². The average Bonchev–Trinajstić information content (AvgIpc) is 2.35. The van der Waals surface area contributed by atoms with Crippen LogP contribution in [0.15, 0.2) is 16.9 Å². The molecule has 0 aromatic carbocycles. The Morgan fingerprint density at radius 2 is 2.35 bits per heavy atom. The first-order chi connectivity index (χ1) is 8.17. The molecule has 1 unspecified atom stereocenters.